The average Bonchev–Trinajstić information content (AvgIpc) is 2.24. The average molecular weight is 302 g/mol. The Balaban J connectivity index is 2.82. The van der Waals surface area contributed by atoms with Gasteiger partial charge in [-0.3, -0.25) is 0 Å². The first-order chi connectivity index (χ1) is 9.40. The van der Waals surface area contributed by atoms with Crippen molar-refractivity contribution in [2.24, 2.45) is 11.3 Å². The van der Waals surface area contributed by atoms with Crippen LogP contribution in [0.2, 0.25) is 0 Å². The second-order valence-electron chi connectivity index (χ2n) is 7.19. The highest BCUT2D eigenvalue weighted by molar-refractivity contribution is 5.33. The molecule has 1 aromatic carbocycles. The molecule has 120 valence electrons. The first-order valence-electron chi connectivity index (χ1n) is 7.26. The van der Waals surface area contributed by atoms with Gasteiger partial charge >= 0.3 is 6.18 Å². The summed E-state index contributed by atoms with van der Waals surface area (Å²) >= 11 is 0. The molecule has 0 heterocycles. The number of alkyl halides is 3. The first-order valence-corrected chi connectivity index (χ1v) is 7.26. The lowest BCUT2D eigenvalue weighted by molar-refractivity contribution is -0.137. The number of aliphatic hydroxyl groups excluding tert-OH is 1. The monoisotopic (exact) mass is 302 g/mol. The fourth-order valence-electron chi connectivity index (χ4n) is 2.86. The van der Waals surface area contributed by atoms with E-state index in [2.05, 4.69) is 27.7 Å². The SMILES string of the molecule is Cc1cc(C(F)(F)F)ccc1C(O)CC(C)CC(C)(C)C. The Kier molecular flexibility index (Phi) is 5.48. The van der Waals surface area contributed by atoms with Gasteiger partial charge in [-0.2, -0.15) is 13.2 Å². The van der Waals surface area contributed by atoms with Crippen LogP contribution in [0, 0.1) is 18.3 Å². The van der Waals surface area contributed by atoms with Gasteiger partial charge < -0.3 is 5.11 Å². The Bertz CT molecular complexity index is 472. The van der Waals surface area contributed by atoms with Crippen LogP contribution in [0.4, 0.5) is 13.2 Å². The van der Waals surface area contributed by atoms with Crippen molar-refractivity contribution in [3.63, 3.8) is 0 Å². The largest absolute Gasteiger partial charge is 0.416 e. The molecular weight excluding hydrogens is 277 g/mol. The van der Waals surface area contributed by atoms with Gasteiger partial charge in [0.15, 0.2) is 0 Å². The van der Waals surface area contributed by atoms with Gasteiger partial charge in [0.2, 0.25) is 0 Å². The van der Waals surface area contributed by atoms with E-state index in [9.17, 15) is 18.3 Å². The van der Waals surface area contributed by atoms with Crippen LogP contribution in [-0.2, 0) is 6.18 Å². The number of benzene rings is 1. The lowest BCUT2D eigenvalue weighted by Crippen LogP contribution is -2.14. The minimum atomic E-state index is -4.34. The molecule has 1 N–H and O–H groups in total. The van der Waals surface area contributed by atoms with Gasteiger partial charge in [0.1, 0.15) is 0 Å². The van der Waals surface area contributed by atoms with Crippen molar-refractivity contribution in [2.45, 2.75) is 59.7 Å². The first kappa shape index (κ1) is 18.0. The third-order valence-electron chi connectivity index (χ3n) is 3.54. The highest BCUT2D eigenvalue weighted by atomic mass is 19.4. The van der Waals surface area contributed by atoms with E-state index in [1.807, 2.05) is 0 Å². The van der Waals surface area contributed by atoms with E-state index < -0.39 is 17.8 Å². The second-order valence-corrected chi connectivity index (χ2v) is 7.19. The predicted octanol–water partition coefficient (Wildman–Crippen LogP) is 5.51. The fraction of sp³-hybridized carbons (Fsp3) is 0.647. The molecule has 0 spiro atoms. The minimum Gasteiger partial charge on any atom is -0.388 e. The topological polar surface area (TPSA) is 20.2 Å². The minimum absolute atomic E-state index is 0.175. The van der Waals surface area contributed by atoms with Crippen molar-refractivity contribution in [3.05, 3.63) is 34.9 Å². The Morgan fingerprint density at radius 1 is 1.14 bits per heavy atom. The van der Waals surface area contributed by atoms with E-state index >= 15 is 0 Å². The molecule has 0 fully saturated rings. The Morgan fingerprint density at radius 3 is 2.14 bits per heavy atom. The smallest absolute Gasteiger partial charge is 0.388 e. The zero-order valence-electron chi connectivity index (χ0n) is 13.4. The summed E-state index contributed by atoms with van der Waals surface area (Å²) < 4.78 is 37.9. The summed E-state index contributed by atoms with van der Waals surface area (Å²) in [6.45, 7) is 10.1. The molecule has 0 aliphatic rings. The van der Waals surface area contributed by atoms with Crippen LogP contribution in [0.1, 0.15) is 63.3 Å². The van der Waals surface area contributed by atoms with Gasteiger partial charge in [-0.15, -0.1) is 0 Å². The van der Waals surface area contributed by atoms with Crippen LogP contribution < -0.4 is 0 Å². The maximum Gasteiger partial charge on any atom is 0.416 e. The molecule has 0 bridgehead atoms. The van der Waals surface area contributed by atoms with Crippen LogP contribution in [-0.4, -0.2) is 5.11 Å². The number of rotatable bonds is 4. The van der Waals surface area contributed by atoms with Gasteiger partial charge in [0.05, 0.1) is 11.7 Å². The summed E-state index contributed by atoms with van der Waals surface area (Å²) in [6, 6.07) is 3.54. The molecule has 0 aliphatic carbocycles. The van der Waals surface area contributed by atoms with E-state index in [0.717, 1.165) is 18.6 Å². The predicted molar refractivity (Wildman–Crippen MR) is 79.0 cm³/mol. The molecule has 2 atom stereocenters. The number of aryl methyl sites for hydroxylation is 1. The molecule has 2 unspecified atom stereocenters. The molecule has 1 nitrogen and oxygen atoms in total. The third-order valence-corrected chi connectivity index (χ3v) is 3.54. The summed E-state index contributed by atoms with van der Waals surface area (Å²) in [5, 5.41) is 10.3. The van der Waals surface area contributed by atoms with E-state index in [4.69, 9.17) is 0 Å². The summed E-state index contributed by atoms with van der Waals surface area (Å²) in [5.41, 5.74) is 0.580. The van der Waals surface area contributed by atoms with Crippen LogP contribution >= 0.6 is 0 Å². The van der Waals surface area contributed by atoms with Crippen molar-refractivity contribution in [2.75, 3.05) is 0 Å². The number of hydrogen-bond donors (Lipinski definition) is 1. The number of halogens is 3. The van der Waals surface area contributed by atoms with Crippen molar-refractivity contribution >= 4 is 0 Å². The maximum absolute atomic E-state index is 12.6. The summed E-state index contributed by atoms with van der Waals surface area (Å²) in [7, 11) is 0. The van der Waals surface area contributed by atoms with E-state index in [1.54, 1.807) is 6.92 Å². The van der Waals surface area contributed by atoms with Gasteiger partial charge in [0.25, 0.3) is 0 Å². The van der Waals surface area contributed by atoms with Crippen molar-refractivity contribution in [1.29, 1.82) is 0 Å². The molecule has 0 saturated heterocycles. The fourth-order valence-corrected chi connectivity index (χ4v) is 2.86. The molecular formula is C17H25F3O. The van der Waals surface area contributed by atoms with Crippen molar-refractivity contribution < 1.29 is 18.3 Å². The van der Waals surface area contributed by atoms with Gasteiger partial charge in [-0.25, -0.2) is 0 Å². The standard InChI is InChI=1S/C17H25F3O/c1-11(10-16(3,4)5)8-15(21)14-7-6-13(9-12(14)2)17(18,19)20/h6-7,9,11,15,21H,8,10H2,1-5H3. The Labute approximate surface area is 125 Å². The van der Waals surface area contributed by atoms with Crippen LogP contribution in [0.25, 0.3) is 0 Å². The lowest BCUT2D eigenvalue weighted by Gasteiger charge is -2.25. The van der Waals surface area contributed by atoms with E-state index in [0.29, 0.717) is 23.5 Å². The second kappa shape index (κ2) is 6.39. The van der Waals surface area contributed by atoms with Gasteiger partial charge in [-0.05, 0) is 54.4 Å². The highest BCUT2D eigenvalue weighted by Crippen LogP contribution is 2.34. The molecule has 0 saturated carbocycles. The molecule has 1 rings (SSSR count). The zero-order valence-corrected chi connectivity index (χ0v) is 13.4. The summed E-state index contributed by atoms with van der Waals surface area (Å²) in [5.74, 6) is 0.307. The lowest BCUT2D eigenvalue weighted by atomic mass is 9.82. The molecule has 21 heavy (non-hydrogen) atoms. The normalized spacial score (nSPS) is 15.9. The summed E-state index contributed by atoms with van der Waals surface area (Å²) in [6.07, 6.45) is -3.54. The van der Waals surface area contributed by atoms with Gasteiger partial charge in [-0.1, -0.05) is 33.8 Å². The highest BCUT2D eigenvalue weighted by Gasteiger charge is 2.31. The maximum atomic E-state index is 12.6. The number of hydrogen-bond acceptors (Lipinski definition) is 1. The van der Waals surface area contributed by atoms with Crippen LogP contribution in [0.15, 0.2) is 18.2 Å². The number of aliphatic hydroxyl groups is 1. The molecule has 0 aromatic heterocycles. The summed E-state index contributed by atoms with van der Waals surface area (Å²) in [4.78, 5) is 0. The third kappa shape index (κ3) is 5.70. The molecule has 1 aromatic rings. The Morgan fingerprint density at radius 2 is 1.71 bits per heavy atom. The van der Waals surface area contributed by atoms with Crippen molar-refractivity contribution in [1.82, 2.24) is 0 Å². The Hall–Kier alpha value is -1.03. The van der Waals surface area contributed by atoms with Gasteiger partial charge in [0, 0.05) is 0 Å². The zero-order chi connectivity index (χ0) is 16.4. The van der Waals surface area contributed by atoms with Crippen LogP contribution in [0.5, 0.6) is 0 Å². The molecule has 0 amide bonds. The van der Waals surface area contributed by atoms with Crippen LogP contribution in [0.3, 0.4) is 0 Å². The molecule has 0 radical (unpaired) electrons. The quantitative estimate of drug-likeness (QED) is 0.777. The molecule has 0 aliphatic heterocycles. The van der Waals surface area contributed by atoms with E-state index in [1.165, 1.54) is 6.07 Å². The van der Waals surface area contributed by atoms with Crippen molar-refractivity contribution in [3.8, 4) is 0 Å². The molecule has 4 heteroatoms. The van der Waals surface area contributed by atoms with E-state index in [-0.39, 0.29) is 5.41 Å².